The van der Waals surface area contributed by atoms with Crippen molar-refractivity contribution in [1.82, 2.24) is 0 Å². The van der Waals surface area contributed by atoms with Crippen molar-refractivity contribution >= 4 is 21.9 Å². The first-order valence-corrected chi connectivity index (χ1v) is 7.74. The molecule has 3 aliphatic rings. The molecule has 0 heterocycles. The van der Waals surface area contributed by atoms with Crippen molar-refractivity contribution in [1.29, 1.82) is 0 Å². The first-order valence-electron chi connectivity index (χ1n) is 6.95. The van der Waals surface area contributed by atoms with Crippen LogP contribution in [0.2, 0.25) is 0 Å². The molecule has 0 aromatic heterocycles. The van der Waals surface area contributed by atoms with Crippen LogP contribution in [-0.4, -0.2) is 13.1 Å². The lowest BCUT2D eigenvalue weighted by atomic mass is 9.56. The van der Waals surface area contributed by atoms with Crippen molar-refractivity contribution in [3.05, 3.63) is 34.3 Å². The number of esters is 1. The number of hydrogen-bond donors (Lipinski definition) is 0. The topological polar surface area (TPSA) is 26.3 Å². The predicted octanol–water partition coefficient (Wildman–Crippen LogP) is 3.82. The maximum atomic E-state index is 12.2. The summed E-state index contributed by atoms with van der Waals surface area (Å²) in [7, 11) is 1.53. The van der Waals surface area contributed by atoms with Crippen molar-refractivity contribution < 1.29 is 9.53 Å². The quantitative estimate of drug-likeness (QED) is 0.774. The maximum Gasteiger partial charge on any atom is 0.312 e. The van der Waals surface area contributed by atoms with Gasteiger partial charge in [-0.15, -0.1) is 0 Å². The van der Waals surface area contributed by atoms with Crippen LogP contribution < -0.4 is 0 Å². The molecule has 0 bridgehead atoms. The van der Waals surface area contributed by atoms with Gasteiger partial charge in [0.25, 0.3) is 0 Å². The standard InChI is InChI=1S/C16H17BrO2/c1-19-13(18)14-5-6-15(10-16(14,15)8-7-14)11-3-2-4-12(17)9-11/h2-4,9H,5-8,10H2,1H3. The molecule has 19 heavy (non-hydrogen) atoms. The van der Waals surface area contributed by atoms with E-state index in [0.29, 0.717) is 0 Å². The number of halogens is 1. The summed E-state index contributed by atoms with van der Waals surface area (Å²) in [5, 5.41) is 0. The van der Waals surface area contributed by atoms with Gasteiger partial charge in [0.2, 0.25) is 0 Å². The van der Waals surface area contributed by atoms with Gasteiger partial charge in [0.05, 0.1) is 12.5 Å². The molecule has 3 heteroatoms. The van der Waals surface area contributed by atoms with E-state index in [1.165, 1.54) is 25.5 Å². The zero-order chi connectivity index (χ0) is 13.3. The summed E-state index contributed by atoms with van der Waals surface area (Å²) in [6.07, 6.45) is 5.53. The van der Waals surface area contributed by atoms with Crippen LogP contribution in [0.5, 0.6) is 0 Å². The SMILES string of the molecule is COC(=O)C12CCC3(c4cccc(Br)c4)CC13CC2. The van der Waals surface area contributed by atoms with Gasteiger partial charge in [-0.2, -0.15) is 0 Å². The highest BCUT2D eigenvalue weighted by Gasteiger charge is 2.86. The molecule has 3 fully saturated rings. The highest BCUT2D eigenvalue weighted by atomic mass is 79.9. The summed E-state index contributed by atoms with van der Waals surface area (Å²) in [5.41, 5.74) is 1.72. The number of hydrogen-bond acceptors (Lipinski definition) is 2. The molecule has 0 N–H and O–H groups in total. The lowest BCUT2D eigenvalue weighted by molar-refractivity contribution is -0.166. The Morgan fingerprint density at radius 2 is 2.05 bits per heavy atom. The minimum atomic E-state index is -0.163. The fraction of sp³-hybridized carbons (Fsp3) is 0.562. The summed E-state index contributed by atoms with van der Waals surface area (Å²) in [4.78, 5) is 12.2. The third-order valence-corrected chi connectivity index (χ3v) is 6.71. The van der Waals surface area contributed by atoms with Gasteiger partial charge in [-0.05, 0) is 55.2 Å². The Labute approximate surface area is 121 Å². The van der Waals surface area contributed by atoms with E-state index in [0.717, 1.165) is 23.7 Å². The molecule has 100 valence electrons. The second-order valence-electron chi connectivity index (χ2n) is 6.43. The zero-order valence-electron chi connectivity index (χ0n) is 11.0. The summed E-state index contributed by atoms with van der Waals surface area (Å²) in [6.45, 7) is 0. The molecule has 4 rings (SSSR count). The molecule has 3 saturated carbocycles. The average Bonchev–Trinajstić information content (AvgIpc) is 3.06. The van der Waals surface area contributed by atoms with E-state index in [1.54, 1.807) is 0 Å². The largest absolute Gasteiger partial charge is 0.469 e. The molecule has 1 spiro atoms. The molecule has 0 radical (unpaired) electrons. The molecular weight excluding hydrogens is 304 g/mol. The highest BCUT2D eigenvalue weighted by Crippen LogP contribution is 2.88. The number of methoxy groups -OCH3 is 1. The minimum absolute atomic E-state index is 0.0353. The number of rotatable bonds is 2. The lowest BCUT2D eigenvalue weighted by Gasteiger charge is -2.46. The van der Waals surface area contributed by atoms with E-state index in [9.17, 15) is 4.79 Å². The Hall–Kier alpha value is -0.830. The van der Waals surface area contributed by atoms with Crippen LogP contribution in [0.15, 0.2) is 28.7 Å². The van der Waals surface area contributed by atoms with Gasteiger partial charge in [-0.1, -0.05) is 28.1 Å². The summed E-state index contributed by atoms with van der Waals surface area (Å²) >= 11 is 3.57. The van der Waals surface area contributed by atoms with Crippen molar-refractivity contribution in [3.63, 3.8) is 0 Å². The zero-order valence-corrected chi connectivity index (χ0v) is 12.6. The molecule has 0 saturated heterocycles. The van der Waals surface area contributed by atoms with Gasteiger partial charge in [0.1, 0.15) is 0 Å². The second-order valence-corrected chi connectivity index (χ2v) is 7.34. The van der Waals surface area contributed by atoms with Crippen LogP contribution in [0.25, 0.3) is 0 Å². The Bertz CT molecular complexity index is 580. The highest BCUT2D eigenvalue weighted by molar-refractivity contribution is 9.10. The summed E-state index contributed by atoms with van der Waals surface area (Å²) in [6, 6.07) is 8.64. The van der Waals surface area contributed by atoms with E-state index >= 15 is 0 Å². The van der Waals surface area contributed by atoms with Crippen molar-refractivity contribution in [2.45, 2.75) is 37.5 Å². The van der Waals surface area contributed by atoms with Crippen molar-refractivity contribution in [2.24, 2.45) is 10.8 Å². The van der Waals surface area contributed by atoms with E-state index in [4.69, 9.17) is 4.74 Å². The van der Waals surface area contributed by atoms with Gasteiger partial charge >= 0.3 is 5.97 Å². The van der Waals surface area contributed by atoms with Crippen LogP contribution in [-0.2, 0) is 14.9 Å². The fourth-order valence-electron chi connectivity index (χ4n) is 5.18. The van der Waals surface area contributed by atoms with Gasteiger partial charge in [-0.3, -0.25) is 4.79 Å². The Kier molecular flexibility index (Phi) is 2.16. The van der Waals surface area contributed by atoms with Crippen LogP contribution in [0.3, 0.4) is 0 Å². The Morgan fingerprint density at radius 1 is 1.26 bits per heavy atom. The van der Waals surface area contributed by atoms with E-state index in [2.05, 4.69) is 40.2 Å². The third kappa shape index (κ3) is 1.13. The van der Waals surface area contributed by atoms with E-state index < -0.39 is 0 Å². The van der Waals surface area contributed by atoms with Gasteiger partial charge in [0.15, 0.2) is 0 Å². The molecule has 1 aromatic rings. The predicted molar refractivity (Wildman–Crippen MR) is 75.8 cm³/mol. The van der Waals surface area contributed by atoms with Crippen molar-refractivity contribution in [2.75, 3.05) is 7.11 Å². The number of carbonyl (C=O) groups excluding carboxylic acids is 1. The molecule has 3 aliphatic carbocycles. The van der Waals surface area contributed by atoms with Crippen LogP contribution >= 0.6 is 15.9 Å². The smallest absolute Gasteiger partial charge is 0.312 e. The minimum Gasteiger partial charge on any atom is -0.469 e. The Morgan fingerprint density at radius 3 is 2.68 bits per heavy atom. The van der Waals surface area contributed by atoms with Gasteiger partial charge in [-0.25, -0.2) is 0 Å². The van der Waals surface area contributed by atoms with E-state index in [-0.39, 0.29) is 22.2 Å². The first kappa shape index (κ1) is 12.0. The number of benzene rings is 1. The van der Waals surface area contributed by atoms with Gasteiger partial charge < -0.3 is 4.74 Å². The molecule has 0 aliphatic heterocycles. The molecule has 3 atom stereocenters. The van der Waals surface area contributed by atoms with Gasteiger partial charge in [0, 0.05) is 9.89 Å². The van der Waals surface area contributed by atoms with E-state index in [1.807, 2.05) is 0 Å². The van der Waals surface area contributed by atoms with Crippen LogP contribution in [0, 0.1) is 10.8 Å². The third-order valence-electron chi connectivity index (χ3n) is 6.22. The number of ether oxygens (including phenoxy) is 1. The molecule has 2 nitrogen and oxygen atoms in total. The summed E-state index contributed by atoms with van der Waals surface area (Å²) < 4.78 is 6.24. The second kappa shape index (κ2) is 3.43. The van der Waals surface area contributed by atoms with Crippen LogP contribution in [0.4, 0.5) is 0 Å². The van der Waals surface area contributed by atoms with Crippen LogP contribution in [0.1, 0.15) is 37.7 Å². The summed E-state index contributed by atoms with van der Waals surface area (Å²) in [5.74, 6) is 0.0353. The lowest BCUT2D eigenvalue weighted by Crippen LogP contribution is -2.48. The molecule has 0 amide bonds. The normalized spacial score (nSPS) is 42.0. The first-order chi connectivity index (χ1) is 9.10. The van der Waals surface area contributed by atoms with Crippen molar-refractivity contribution in [3.8, 4) is 0 Å². The number of carbonyl (C=O) groups is 1. The monoisotopic (exact) mass is 320 g/mol. The Balaban J connectivity index is 1.77. The fourth-order valence-corrected chi connectivity index (χ4v) is 5.58. The molecule has 3 unspecified atom stereocenters. The molecular formula is C16H17BrO2. The maximum absolute atomic E-state index is 12.2. The molecule has 1 aromatic carbocycles. The average molecular weight is 321 g/mol.